The Bertz CT molecular complexity index is 801. The molecule has 3 aromatic rings. The first kappa shape index (κ1) is 14.5. The van der Waals surface area contributed by atoms with Crippen LogP contribution in [0.1, 0.15) is 16.1 Å². The van der Waals surface area contributed by atoms with Crippen molar-refractivity contribution in [2.75, 3.05) is 0 Å². The van der Waals surface area contributed by atoms with Crippen molar-refractivity contribution in [1.82, 2.24) is 14.7 Å². The number of hydrogen-bond acceptors (Lipinski definition) is 3. The molecule has 0 aliphatic rings. The quantitative estimate of drug-likeness (QED) is 0.740. The highest BCUT2D eigenvalue weighted by molar-refractivity contribution is 9.11. The predicted octanol–water partition coefficient (Wildman–Crippen LogP) is 3.88. The summed E-state index contributed by atoms with van der Waals surface area (Å²) >= 11 is 10.5. The lowest BCUT2D eigenvalue weighted by molar-refractivity contribution is 0.0946. The Labute approximate surface area is 136 Å². The van der Waals surface area contributed by atoms with Crippen LogP contribution in [-0.4, -0.2) is 15.3 Å². The smallest absolute Gasteiger partial charge is 0.271 e. The normalized spacial score (nSPS) is 11.0. The molecule has 0 fully saturated rings. The first-order valence-electron chi connectivity index (χ1n) is 5.89. The molecule has 108 valence electrons. The van der Waals surface area contributed by atoms with Gasteiger partial charge in [-0.1, -0.05) is 29.0 Å². The Morgan fingerprint density at radius 3 is 3.00 bits per heavy atom. The van der Waals surface area contributed by atoms with Crippen molar-refractivity contribution in [2.24, 2.45) is 0 Å². The SMILES string of the molecule is O=C(NCc1ccc(F)c(Cl)c1)c1cn2cc(Br)sc2n1. The molecule has 1 N–H and O–H groups in total. The third-order valence-electron chi connectivity index (χ3n) is 2.80. The van der Waals surface area contributed by atoms with E-state index in [1.807, 2.05) is 6.20 Å². The molecule has 2 aromatic heterocycles. The van der Waals surface area contributed by atoms with Crippen LogP contribution in [0.25, 0.3) is 4.96 Å². The number of rotatable bonds is 3. The summed E-state index contributed by atoms with van der Waals surface area (Å²) in [6.45, 7) is 0.258. The van der Waals surface area contributed by atoms with E-state index in [0.29, 0.717) is 5.69 Å². The van der Waals surface area contributed by atoms with Gasteiger partial charge in [0, 0.05) is 18.9 Å². The van der Waals surface area contributed by atoms with Crippen molar-refractivity contribution in [3.05, 3.63) is 56.5 Å². The lowest BCUT2D eigenvalue weighted by atomic mass is 10.2. The van der Waals surface area contributed by atoms with Crippen LogP contribution in [0.3, 0.4) is 0 Å². The first-order valence-corrected chi connectivity index (χ1v) is 7.88. The molecule has 0 aliphatic carbocycles. The molecule has 0 aliphatic heterocycles. The lowest BCUT2D eigenvalue weighted by Gasteiger charge is -2.04. The number of carbonyl (C=O) groups excluding carboxylic acids is 1. The molecule has 2 heterocycles. The number of nitrogens with zero attached hydrogens (tertiary/aromatic N) is 2. The Morgan fingerprint density at radius 2 is 2.29 bits per heavy atom. The minimum atomic E-state index is -0.480. The van der Waals surface area contributed by atoms with Crippen molar-refractivity contribution in [2.45, 2.75) is 6.54 Å². The average molecular weight is 389 g/mol. The molecule has 0 spiro atoms. The maximum Gasteiger partial charge on any atom is 0.271 e. The number of fused-ring (bicyclic) bond motifs is 1. The zero-order chi connectivity index (χ0) is 15.0. The average Bonchev–Trinajstić information content (AvgIpc) is 2.97. The van der Waals surface area contributed by atoms with E-state index >= 15 is 0 Å². The largest absolute Gasteiger partial charge is 0.347 e. The van der Waals surface area contributed by atoms with E-state index in [0.717, 1.165) is 14.3 Å². The number of imidazole rings is 1. The third-order valence-corrected chi connectivity index (χ3v) is 4.56. The number of nitrogens with one attached hydrogen (secondary N) is 1. The molecule has 0 saturated heterocycles. The van der Waals surface area contributed by atoms with Crippen LogP contribution < -0.4 is 5.32 Å². The van der Waals surface area contributed by atoms with Crippen LogP contribution in [0.15, 0.2) is 34.4 Å². The van der Waals surface area contributed by atoms with Crippen LogP contribution >= 0.6 is 38.9 Å². The molecular formula is C13H8BrClFN3OS. The fraction of sp³-hybridized carbons (Fsp3) is 0.0769. The Kier molecular flexibility index (Phi) is 3.97. The van der Waals surface area contributed by atoms with Crippen molar-refractivity contribution < 1.29 is 9.18 Å². The summed E-state index contributed by atoms with van der Waals surface area (Å²) in [5.74, 6) is -0.769. The monoisotopic (exact) mass is 387 g/mol. The number of aromatic nitrogens is 2. The molecular weight excluding hydrogens is 381 g/mol. The Hall–Kier alpha value is -1.44. The van der Waals surface area contributed by atoms with Gasteiger partial charge in [-0.05, 0) is 33.6 Å². The summed E-state index contributed by atoms with van der Waals surface area (Å²) in [5, 5.41) is 2.76. The molecule has 4 nitrogen and oxygen atoms in total. The van der Waals surface area contributed by atoms with E-state index in [1.165, 1.54) is 23.5 Å². The number of carbonyl (C=O) groups is 1. The zero-order valence-corrected chi connectivity index (χ0v) is 13.6. The number of hydrogen-bond donors (Lipinski definition) is 1. The molecule has 21 heavy (non-hydrogen) atoms. The molecule has 0 unspecified atom stereocenters. The summed E-state index contributed by atoms with van der Waals surface area (Å²) < 4.78 is 15.8. The van der Waals surface area contributed by atoms with E-state index in [1.54, 1.807) is 16.7 Å². The van der Waals surface area contributed by atoms with Gasteiger partial charge in [0.25, 0.3) is 5.91 Å². The van der Waals surface area contributed by atoms with Crippen molar-refractivity contribution in [1.29, 1.82) is 0 Å². The van der Waals surface area contributed by atoms with Crippen LogP contribution in [0, 0.1) is 5.82 Å². The second kappa shape index (κ2) is 5.75. The molecule has 3 rings (SSSR count). The molecule has 0 bridgehead atoms. The highest BCUT2D eigenvalue weighted by Crippen LogP contribution is 2.22. The molecule has 0 saturated carbocycles. The van der Waals surface area contributed by atoms with Crippen molar-refractivity contribution in [3.8, 4) is 0 Å². The van der Waals surface area contributed by atoms with E-state index in [-0.39, 0.29) is 17.5 Å². The minimum absolute atomic E-state index is 0.0362. The zero-order valence-electron chi connectivity index (χ0n) is 10.4. The maximum absolute atomic E-state index is 13.0. The predicted molar refractivity (Wildman–Crippen MR) is 83.3 cm³/mol. The second-order valence-corrected chi connectivity index (χ2v) is 7.08. The second-order valence-electron chi connectivity index (χ2n) is 4.28. The van der Waals surface area contributed by atoms with Crippen LogP contribution in [0.4, 0.5) is 4.39 Å². The fourth-order valence-corrected chi connectivity index (χ4v) is 3.35. The van der Waals surface area contributed by atoms with Gasteiger partial charge in [-0.15, -0.1) is 0 Å². The van der Waals surface area contributed by atoms with Crippen molar-refractivity contribution >= 4 is 49.7 Å². The van der Waals surface area contributed by atoms with Gasteiger partial charge >= 0.3 is 0 Å². The molecule has 8 heteroatoms. The van der Waals surface area contributed by atoms with Gasteiger partial charge in [0.15, 0.2) is 4.96 Å². The van der Waals surface area contributed by atoms with E-state index < -0.39 is 5.82 Å². The summed E-state index contributed by atoms with van der Waals surface area (Å²) in [5.41, 5.74) is 1.06. The highest BCUT2D eigenvalue weighted by Gasteiger charge is 2.12. The standard InChI is InChI=1S/C13H8BrClFN3OS/c14-11-6-19-5-10(18-13(19)21-11)12(20)17-4-7-1-2-9(16)8(15)3-7/h1-3,5-6H,4H2,(H,17,20). The van der Waals surface area contributed by atoms with Crippen LogP contribution in [0.5, 0.6) is 0 Å². The van der Waals surface area contributed by atoms with Gasteiger partial charge in [-0.25, -0.2) is 9.37 Å². The number of thiazole rings is 1. The third kappa shape index (κ3) is 3.09. The number of benzene rings is 1. The van der Waals surface area contributed by atoms with Gasteiger partial charge in [-0.2, -0.15) is 0 Å². The summed E-state index contributed by atoms with van der Waals surface area (Å²) in [4.78, 5) is 17.0. The van der Waals surface area contributed by atoms with Gasteiger partial charge in [0.05, 0.1) is 8.81 Å². The Balaban J connectivity index is 1.70. The van der Waals surface area contributed by atoms with Gasteiger partial charge in [0.1, 0.15) is 11.5 Å². The first-order chi connectivity index (χ1) is 10.0. The van der Waals surface area contributed by atoms with Gasteiger partial charge in [-0.3, -0.25) is 9.20 Å². The molecule has 0 atom stereocenters. The van der Waals surface area contributed by atoms with Crippen LogP contribution in [-0.2, 0) is 6.54 Å². The maximum atomic E-state index is 13.0. The molecule has 0 radical (unpaired) electrons. The minimum Gasteiger partial charge on any atom is -0.347 e. The van der Waals surface area contributed by atoms with Crippen molar-refractivity contribution in [3.63, 3.8) is 0 Å². The lowest BCUT2D eigenvalue weighted by Crippen LogP contribution is -2.23. The molecule has 1 amide bonds. The topological polar surface area (TPSA) is 46.4 Å². The number of halogens is 3. The van der Waals surface area contributed by atoms with E-state index in [9.17, 15) is 9.18 Å². The summed E-state index contributed by atoms with van der Waals surface area (Å²) in [6.07, 6.45) is 3.49. The van der Waals surface area contributed by atoms with E-state index in [4.69, 9.17) is 11.6 Å². The van der Waals surface area contributed by atoms with E-state index in [2.05, 4.69) is 26.2 Å². The van der Waals surface area contributed by atoms with Crippen LogP contribution in [0.2, 0.25) is 5.02 Å². The molecule has 1 aromatic carbocycles. The Morgan fingerprint density at radius 1 is 1.48 bits per heavy atom. The summed E-state index contributed by atoms with van der Waals surface area (Å²) in [7, 11) is 0. The fourth-order valence-electron chi connectivity index (χ4n) is 1.80. The summed E-state index contributed by atoms with van der Waals surface area (Å²) in [6, 6.07) is 4.33. The van der Waals surface area contributed by atoms with Gasteiger partial charge < -0.3 is 5.32 Å². The van der Waals surface area contributed by atoms with Gasteiger partial charge in [0.2, 0.25) is 0 Å². The highest BCUT2D eigenvalue weighted by atomic mass is 79.9. The number of amides is 1.